The van der Waals surface area contributed by atoms with Crippen molar-refractivity contribution >= 4 is 92.7 Å². The standard InChI is InChI=1S/C67H91N15O12/c1-36(2)28-48-61(88)80-53(30-39-16-8-7-9-17-39)67(94)82-27-15-23-54(82)65(92)79-49(29-37(3)4)60(87)77-50(31-40-34-71-44-20-12-10-18-42(40)44)62(89)78-52(33-56(70)84)63(90)73-47(24-25-55(69)83)59(86)76-51(32-41-35-72-45-21-13-11-19-43(41)45)64(91)81-57(38(5)6)66(93)74-46(22-14-26-68)58(85)75-48/h7-13,16-21,34-38,46-54,57,71-72H,14-15,22-33,68H2,1-6H3,(H2,69,83)(H2,70,84)(H,73,90)(H,74,93)(H,75,85)(H,76,86)(H,77,87)(H,78,89)(H,79,92)(H,80,88)(H,81,91). The third-order valence-corrected chi connectivity index (χ3v) is 16.8. The molecule has 10 unspecified atom stereocenters. The van der Waals surface area contributed by atoms with Crippen molar-refractivity contribution in [3.8, 4) is 0 Å². The molecule has 4 heterocycles. The number of benzene rings is 3. The van der Waals surface area contributed by atoms with Crippen LogP contribution >= 0.6 is 0 Å². The first-order valence-electron chi connectivity index (χ1n) is 32.2. The molecule has 2 aliphatic heterocycles. The second-order valence-electron chi connectivity index (χ2n) is 25.6. The molecule has 0 saturated carbocycles. The number of carbonyl (C=O) groups excluding carboxylic acids is 12. The van der Waals surface area contributed by atoms with Crippen molar-refractivity contribution in [3.63, 3.8) is 0 Å². The molecule has 94 heavy (non-hydrogen) atoms. The van der Waals surface area contributed by atoms with Gasteiger partial charge in [-0.15, -0.1) is 0 Å². The molecule has 27 heteroatoms. The quantitative estimate of drug-likeness (QED) is 0.0542. The van der Waals surface area contributed by atoms with E-state index in [0.717, 1.165) is 0 Å². The van der Waals surface area contributed by atoms with E-state index in [2.05, 4.69) is 57.8 Å². The van der Waals surface area contributed by atoms with E-state index in [1.807, 2.05) is 27.7 Å². The average molecular weight is 1300 g/mol. The fourth-order valence-corrected chi connectivity index (χ4v) is 11.9. The van der Waals surface area contributed by atoms with Crippen LogP contribution in [0.2, 0.25) is 0 Å². The highest BCUT2D eigenvalue weighted by Gasteiger charge is 2.42. The summed E-state index contributed by atoms with van der Waals surface area (Å²) in [4.78, 5) is 181. The number of nitrogens with zero attached hydrogens (tertiary/aromatic N) is 1. The number of hydrogen-bond donors (Lipinski definition) is 14. The Morgan fingerprint density at radius 2 is 0.915 bits per heavy atom. The van der Waals surface area contributed by atoms with Crippen LogP contribution in [0.3, 0.4) is 0 Å². The summed E-state index contributed by atoms with van der Waals surface area (Å²) in [6.07, 6.45) is 1.90. The Bertz CT molecular complexity index is 3530. The molecule has 2 saturated heterocycles. The monoisotopic (exact) mass is 1300 g/mol. The molecule has 2 aromatic heterocycles. The fraction of sp³-hybridized carbons (Fsp3) is 0.493. The lowest BCUT2D eigenvalue weighted by atomic mass is 9.98. The van der Waals surface area contributed by atoms with Gasteiger partial charge < -0.3 is 79.9 Å². The number of aromatic nitrogens is 2. The van der Waals surface area contributed by atoms with Crippen LogP contribution in [-0.2, 0) is 76.8 Å². The minimum Gasteiger partial charge on any atom is -0.370 e. The van der Waals surface area contributed by atoms with E-state index in [9.17, 15) is 52.7 Å². The Hall–Kier alpha value is -9.66. The third-order valence-electron chi connectivity index (χ3n) is 16.8. The van der Waals surface area contributed by atoms with Crippen LogP contribution < -0.4 is 65.1 Å². The minimum absolute atomic E-state index is 0.0106. The van der Waals surface area contributed by atoms with Crippen LogP contribution in [0.5, 0.6) is 0 Å². The molecule has 17 N–H and O–H groups in total. The van der Waals surface area contributed by atoms with Gasteiger partial charge in [-0.3, -0.25) is 57.5 Å². The van der Waals surface area contributed by atoms with E-state index in [-0.39, 0.29) is 76.3 Å². The highest BCUT2D eigenvalue weighted by Crippen LogP contribution is 2.24. The molecule has 2 aliphatic rings. The first kappa shape index (κ1) is 71.8. The predicted molar refractivity (Wildman–Crippen MR) is 351 cm³/mol. The maximum absolute atomic E-state index is 15.1. The van der Waals surface area contributed by atoms with Crippen LogP contribution in [0.4, 0.5) is 0 Å². The third kappa shape index (κ3) is 19.9. The Labute approximate surface area is 545 Å². The number of nitrogens with two attached hydrogens (primary N) is 3. The van der Waals surface area contributed by atoms with Crippen LogP contribution in [0.25, 0.3) is 21.8 Å². The maximum atomic E-state index is 15.1. The van der Waals surface area contributed by atoms with Gasteiger partial charge in [0.15, 0.2) is 0 Å². The van der Waals surface area contributed by atoms with Crippen molar-refractivity contribution in [1.29, 1.82) is 0 Å². The molecular formula is C67H91N15O12. The lowest BCUT2D eigenvalue weighted by Gasteiger charge is -2.32. The van der Waals surface area contributed by atoms with Crippen LogP contribution in [0.1, 0.15) is 116 Å². The Balaban J connectivity index is 1.32. The Kier molecular flexibility index (Phi) is 25.8. The van der Waals surface area contributed by atoms with E-state index in [1.54, 1.807) is 105 Å². The van der Waals surface area contributed by atoms with E-state index in [4.69, 9.17) is 17.2 Å². The average Bonchev–Trinajstić information content (AvgIpc) is 1.64. The van der Waals surface area contributed by atoms with Crippen molar-refractivity contribution in [3.05, 3.63) is 108 Å². The van der Waals surface area contributed by atoms with Gasteiger partial charge in [0.25, 0.3) is 0 Å². The number of amides is 12. The van der Waals surface area contributed by atoms with Crippen molar-refractivity contribution in [2.24, 2.45) is 35.0 Å². The highest BCUT2D eigenvalue weighted by molar-refractivity contribution is 6.01. The van der Waals surface area contributed by atoms with Gasteiger partial charge in [-0.05, 0) is 98.1 Å². The normalized spacial score (nSPS) is 24.0. The molecule has 10 atom stereocenters. The van der Waals surface area contributed by atoms with Gasteiger partial charge in [-0.1, -0.05) is 108 Å². The van der Waals surface area contributed by atoms with Gasteiger partial charge >= 0.3 is 0 Å². The molecule has 3 aromatic carbocycles. The van der Waals surface area contributed by atoms with Gasteiger partial charge in [0, 0.05) is 66.4 Å². The lowest BCUT2D eigenvalue weighted by Crippen LogP contribution is -2.62. The summed E-state index contributed by atoms with van der Waals surface area (Å²) in [5.41, 5.74) is 20.4. The summed E-state index contributed by atoms with van der Waals surface area (Å²) in [6, 6.07) is 8.85. The van der Waals surface area contributed by atoms with Crippen LogP contribution in [0.15, 0.2) is 91.3 Å². The largest absolute Gasteiger partial charge is 0.370 e. The van der Waals surface area contributed by atoms with Gasteiger partial charge in [0.05, 0.1) is 6.42 Å². The lowest BCUT2D eigenvalue weighted by molar-refractivity contribution is -0.142. The summed E-state index contributed by atoms with van der Waals surface area (Å²) in [6.45, 7) is 10.8. The van der Waals surface area contributed by atoms with Crippen LogP contribution in [-0.4, -0.2) is 159 Å². The number of primary amides is 2. The number of aromatic amines is 2. The second kappa shape index (κ2) is 33.8. The molecule has 12 amide bonds. The van der Waals surface area contributed by atoms with E-state index >= 15 is 4.79 Å². The zero-order chi connectivity index (χ0) is 68.3. The topological polar surface area (TPSA) is 426 Å². The number of para-hydroxylation sites is 2. The summed E-state index contributed by atoms with van der Waals surface area (Å²) >= 11 is 0. The highest BCUT2D eigenvalue weighted by atomic mass is 16.2. The number of nitrogens with one attached hydrogen (secondary N) is 11. The number of carbonyl (C=O) groups is 12. The van der Waals surface area contributed by atoms with Gasteiger partial charge in [-0.25, -0.2) is 0 Å². The molecule has 27 nitrogen and oxygen atoms in total. The zero-order valence-electron chi connectivity index (χ0n) is 54.1. The number of fused-ring (bicyclic) bond motifs is 3. The number of rotatable bonds is 19. The SMILES string of the molecule is CC(C)CC1NC(=O)C(CCCN)NC(=O)C(C(C)C)NC(=O)C(Cc2c[nH]c3ccccc23)NC(=O)C(CCC(N)=O)NC(=O)C(CC(N)=O)NC(=O)C(Cc2c[nH]c3ccccc23)NC(=O)C(CC(C)C)NC(=O)C2CCCN2C(=O)C(Cc2ccccc2)NC1=O. The molecule has 0 bridgehead atoms. The first-order chi connectivity index (χ1) is 44.8. The Morgan fingerprint density at radius 3 is 1.44 bits per heavy atom. The second-order valence-corrected chi connectivity index (χ2v) is 25.6. The van der Waals surface area contributed by atoms with Crippen molar-refractivity contribution in [1.82, 2.24) is 62.7 Å². The minimum atomic E-state index is -1.84. The molecule has 0 radical (unpaired) electrons. The van der Waals surface area contributed by atoms with E-state index in [1.165, 1.54) is 4.90 Å². The maximum Gasteiger partial charge on any atom is 0.246 e. The number of H-pyrrole nitrogens is 2. The van der Waals surface area contributed by atoms with E-state index in [0.29, 0.717) is 44.9 Å². The van der Waals surface area contributed by atoms with Gasteiger partial charge in [0.2, 0.25) is 70.9 Å². The molecule has 2 fully saturated rings. The summed E-state index contributed by atoms with van der Waals surface area (Å²) in [5.74, 6) is -11.5. The molecule has 0 spiro atoms. The molecule has 0 aliphatic carbocycles. The van der Waals surface area contributed by atoms with E-state index < -0.39 is 156 Å². The Morgan fingerprint density at radius 1 is 0.479 bits per heavy atom. The summed E-state index contributed by atoms with van der Waals surface area (Å²) in [5, 5.41) is 26.0. The zero-order valence-corrected chi connectivity index (χ0v) is 54.1. The van der Waals surface area contributed by atoms with Crippen LogP contribution in [0, 0.1) is 17.8 Å². The van der Waals surface area contributed by atoms with Crippen molar-refractivity contribution in [2.45, 2.75) is 179 Å². The predicted octanol–water partition coefficient (Wildman–Crippen LogP) is 0.673. The molecular weight excluding hydrogens is 1210 g/mol. The molecule has 506 valence electrons. The van der Waals surface area contributed by atoms with Gasteiger partial charge in [0.1, 0.15) is 60.4 Å². The first-order valence-corrected chi connectivity index (χ1v) is 32.2. The summed E-state index contributed by atoms with van der Waals surface area (Å²) < 4.78 is 0. The number of hydrogen-bond acceptors (Lipinski definition) is 13. The molecule has 5 aromatic rings. The van der Waals surface area contributed by atoms with Crippen molar-refractivity contribution < 1.29 is 57.5 Å². The smallest absolute Gasteiger partial charge is 0.246 e. The van der Waals surface area contributed by atoms with Gasteiger partial charge in [-0.2, -0.15) is 0 Å². The summed E-state index contributed by atoms with van der Waals surface area (Å²) in [7, 11) is 0. The molecule has 7 rings (SSSR count). The fourth-order valence-electron chi connectivity index (χ4n) is 11.9. The van der Waals surface area contributed by atoms with Crippen molar-refractivity contribution in [2.75, 3.05) is 13.1 Å².